The molecule has 0 bridgehead atoms. The summed E-state index contributed by atoms with van der Waals surface area (Å²) < 4.78 is 5.11. The van der Waals surface area contributed by atoms with Gasteiger partial charge in [0.15, 0.2) is 0 Å². The highest BCUT2D eigenvalue weighted by Gasteiger charge is 2.28. The van der Waals surface area contributed by atoms with Crippen molar-refractivity contribution in [1.29, 1.82) is 0 Å². The zero-order chi connectivity index (χ0) is 7.56. The minimum Gasteiger partial charge on any atom is -0.394 e. The van der Waals surface area contributed by atoms with E-state index in [0.29, 0.717) is 6.61 Å². The SMILES string of the molecule is C[C@@H]1CCO[C@H](CO)[C@@H]1O. The molecule has 2 N–H and O–H groups in total. The van der Waals surface area contributed by atoms with E-state index in [9.17, 15) is 5.11 Å². The first-order valence-corrected chi connectivity index (χ1v) is 3.66. The maximum Gasteiger partial charge on any atom is 0.107 e. The summed E-state index contributed by atoms with van der Waals surface area (Å²) in [4.78, 5) is 0. The lowest BCUT2D eigenvalue weighted by molar-refractivity contribution is -0.118. The van der Waals surface area contributed by atoms with Gasteiger partial charge in [0.05, 0.1) is 12.7 Å². The molecule has 3 heteroatoms. The molecule has 1 fully saturated rings. The first-order chi connectivity index (χ1) is 4.75. The third-order valence-electron chi connectivity index (χ3n) is 2.05. The number of aliphatic hydroxyl groups is 2. The second-order valence-electron chi connectivity index (χ2n) is 2.85. The summed E-state index contributed by atoms with van der Waals surface area (Å²) in [6.07, 6.45) is 0.0417. The average molecular weight is 146 g/mol. The molecule has 0 aromatic rings. The van der Waals surface area contributed by atoms with Gasteiger partial charge in [-0.3, -0.25) is 0 Å². The van der Waals surface area contributed by atoms with Gasteiger partial charge in [-0.2, -0.15) is 0 Å². The zero-order valence-electron chi connectivity index (χ0n) is 6.16. The van der Waals surface area contributed by atoms with Gasteiger partial charge in [0.25, 0.3) is 0 Å². The normalized spacial score (nSPS) is 41.7. The summed E-state index contributed by atoms with van der Waals surface area (Å²) in [5, 5.41) is 18.0. The smallest absolute Gasteiger partial charge is 0.107 e. The van der Waals surface area contributed by atoms with Gasteiger partial charge in [-0.1, -0.05) is 6.92 Å². The summed E-state index contributed by atoms with van der Waals surface area (Å²) in [6, 6.07) is 0. The molecule has 0 aliphatic carbocycles. The van der Waals surface area contributed by atoms with Crippen molar-refractivity contribution in [1.82, 2.24) is 0 Å². The van der Waals surface area contributed by atoms with Crippen LogP contribution in [0.15, 0.2) is 0 Å². The molecule has 1 aliphatic heterocycles. The Morgan fingerprint density at radius 3 is 2.80 bits per heavy atom. The molecule has 0 spiro atoms. The molecule has 0 radical (unpaired) electrons. The summed E-state index contributed by atoms with van der Waals surface area (Å²) in [6.45, 7) is 2.55. The predicted molar refractivity (Wildman–Crippen MR) is 36.6 cm³/mol. The van der Waals surface area contributed by atoms with Crippen molar-refractivity contribution in [2.24, 2.45) is 5.92 Å². The Bertz CT molecular complexity index is 105. The highest BCUT2D eigenvalue weighted by molar-refractivity contribution is 4.77. The number of ether oxygens (including phenoxy) is 1. The first kappa shape index (κ1) is 7.98. The van der Waals surface area contributed by atoms with E-state index in [2.05, 4.69) is 0 Å². The van der Waals surface area contributed by atoms with Crippen molar-refractivity contribution in [3.63, 3.8) is 0 Å². The summed E-state index contributed by atoms with van der Waals surface area (Å²) in [7, 11) is 0. The standard InChI is InChI=1S/C7H14O3/c1-5-2-3-10-6(4-8)7(5)9/h5-9H,2-4H2,1H3/t5-,6-,7-/m1/s1. The molecule has 1 saturated heterocycles. The van der Waals surface area contributed by atoms with E-state index >= 15 is 0 Å². The summed E-state index contributed by atoms with van der Waals surface area (Å²) in [5.41, 5.74) is 0. The van der Waals surface area contributed by atoms with Gasteiger partial charge in [0.1, 0.15) is 6.10 Å². The molecule has 1 aliphatic rings. The van der Waals surface area contributed by atoms with Gasteiger partial charge in [0, 0.05) is 6.61 Å². The Balaban J connectivity index is 2.42. The number of hydrogen-bond donors (Lipinski definition) is 2. The van der Waals surface area contributed by atoms with Crippen LogP contribution in [0.2, 0.25) is 0 Å². The molecule has 0 aromatic heterocycles. The Morgan fingerprint density at radius 1 is 1.60 bits per heavy atom. The number of rotatable bonds is 1. The molecular formula is C7H14O3. The van der Waals surface area contributed by atoms with Crippen LogP contribution in [0.1, 0.15) is 13.3 Å². The molecular weight excluding hydrogens is 132 g/mol. The molecule has 60 valence electrons. The molecule has 3 nitrogen and oxygen atoms in total. The molecule has 1 heterocycles. The van der Waals surface area contributed by atoms with E-state index < -0.39 is 6.10 Å². The van der Waals surface area contributed by atoms with Crippen LogP contribution in [0.5, 0.6) is 0 Å². The van der Waals surface area contributed by atoms with Gasteiger partial charge >= 0.3 is 0 Å². The van der Waals surface area contributed by atoms with Crippen LogP contribution in [0.25, 0.3) is 0 Å². The minimum atomic E-state index is -0.487. The van der Waals surface area contributed by atoms with E-state index in [0.717, 1.165) is 6.42 Å². The van der Waals surface area contributed by atoms with Gasteiger partial charge < -0.3 is 14.9 Å². The maximum absolute atomic E-state index is 9.35. The van der Waals surface area contributed by atoms with E-state index in [1.165, 1.54) is 0 Å². The second kappa shape index (κ2) is 3.32. The number of aliphatic hydroxyl groups excluding tert-OH is 2. The molecule has 3 atom stereocenters. The Morgan fingerprint density at radius 2 is 2.30 bits per heavy atom. The molecule has 0 unspecified atom stereocenters. The Hall–Kier alpha value is -0.120. The van der Waals surface area contributed by atoms with Crippen LogP contribution in [-0.2, 0) is 4.74 Å². The summed E-state index contributed by atoms with van der Waals surface area (Å²) >= 11 is 0. The van der Waals surface area contributed by atoms with Crippen molar-refractivity contribution in [2.45, 2.75) is 25.6 Å². The van der Waals surface area contributed by atoms with E-state index in [1.807, 2.05) is 6.92 Å². The average Bonchev–Trinajstić information content (AvgIpc) is 1.95. The minimum absolute atomic E-state index is 0.0779. The maximum atomic E-state index is 9.35. The van der Waals surface area contributed by atoms with E-state index in [1.54, 1.807) is 0 Å². The first-order valence-electron chi connectivity index (χ1n) is 3.66. The fourth-order valence-electron chi connectivity index (χ4n) is 1.20. The lowest BCUT2D eigenvalue weighted by atomic mass is 9.95. The van der Waals surface area contributed by atoms with Crippen LogP contribution < -0.4 is 0 Å². The van der Waals surface area contributed by atoms with Crippen molar-refractivity contribution < 1.29 is 14.9 Å². The molecule has 10 heavy (non-hydrogen) atoms. The van der Waals surface area contributed by atoms with Crippen LogP contribution >= 0.6 is 0 Å². The predicted octanol–water partition coefficient (Wildman–Crippen LogP) is -0.235. The van der Waals surface area contributed by atoms with Crippen molar-refractivity contribution in [2.75, 3.05) is 13.2 Å². The van der Waals surface area contributed by atoms with Gasteiger partial charge in [0.2, 0.25) is 0 Å². The third kappa shape index (κ3) is 1.48. The third-order valence-corrected chi connectivity index (χ3v) is 2.05. The second-order valence-corrected chi connectivity index (χ2v) is 2.85. The van der Waals surface area contributed by atoms with Crippen LogP contribution in [0.3, 0.4) is 0 Å². The van der Waals surface area contributed by atoms with Crippen LogP contribution in [0, 0.1) is 5.92 Å². The van der Waals surface area contributed by atoms with Crippen molar-refractivity contribution >= 4 is 0 Å². The monoisotopic (exact) mass is 146 g/mol. The highest BCUT2D eigenvalue weighted by Crippen LogP contribution is 2.19. The molecule has 0 aromatic carbocycles. The lowest BCUT2D eigenvalue weighted by Gasteiger charge is -2.31. The highest BCUT2D eigenvalue weighted by atomic mass is 16.5. The van der Waals surface area contributed by atoms with Crippen LogP contribution in [0.4, 0.5) is 0 Å². The van der Waals surface area contributed by atoms with E-state index in [-0.39, 0.29) is 18.6 Å². The molecule has 0 amide bonds. The van der Waals surface area contributed by atoms with Crippen LogP contribution in [-0.4, -0.2) is 35.6 Å². The van der Waals surface area contributed by atoms with Gasteiger partial charge in [-0.05, 0) is 12.3 Å². The van der Waals surface area contributed by atoms with Gasteiger partial charge in [-0.15, -0.1) is 0 Å². The lowest BCUT2D eigenvalue weighted by Crippen LogP contribution is -2.41. The zero-order valence-corrected chi connectivity index (χ0v) is 6.16. The topological polar surface area (TPSA) is 49.7 Å². The fourth-order valence-corrected chi connectivity index (χ4v) is 1.20. The molecule has 0 saturated carbocycles. The molecule has 1 rings (SSSR count). The van der Waals surface area contributed by atoms with Crippen molar-refractivity contribution in [3.8, 4) is 0 Å². The fraction of sp³-hybridized carbons (Fsp3) is 1.00. The largest absolute Gasteiger partial charge is 0.394 e. The number of hydrogen-bond acceptors (Lipinski definition) is 3. The summed E-state index contributed by atoms with van der Waals surface area (Å²) in [5.74, 6) is 0.255. The Labute approximate surface area is 60.6 Å². The van der Waals surface area contributed by atoms with Gasteiger partial charge in [-0.25, -0.2) is 0 Å². The van der Waals surface area contributed by atoms with Crippen molar-refractivity contribution in [3.05, 3.63) is 0 Å². The van der Waals surface area contributed by atoms with E-state index in [4.69, 9.17) is 9.84 Å². The Kier molecular flexibility index (Phi) is 2.65. The quantitative estimate of drug-likeness (QED) is 0.537.